The summed E-state index contributed by atoms with van der Waals surface area (Å²) in [4.78, 5) is 7.49. The van der Waals surface area contributed by atoms with Gasteiger partial charge in [-0.15, -0.1) is 0 Å². The van der Waals surface area contributed by atoms with Crippen LogP contribution in [0.5, 0.6) is 5.75 Å². The van der Waals surface area contributed by atoms with Crippen LogP contribution in [-0.2, 0) is 6.42 Å². The van der Waals surface area contributed by atoms with Crippen LogP contribution >= 0.6 is 11.6 Å². The number of halogens is 1. The summed E-state index contributed by atoms with van der Waals surface area (Å²) in [5.74, 6) is 1.72. The molecule has 0 bridgehead atoms. The van der Waals surface area contributed by atoms with Gasteiger partial charge >= 0.3 is 0 Å². The second kappa shape index (κ2) is 8.15. The zero-order valence-electron chi connectivity index (χ0n) is 15.6. The summed E-state index contributed by atoms with van der Waals surface area (Å²) < 4.78 is 7.71. The first-order chi connectivity index (χ1) is 13.2. The molecule has 1 aliphatic heterocycles. The lowest BCUT2D eigenvalue weighted by molar-refractivity contribution is 0.342. The van der Waals surface area contributed by atoms with Gasteiger partial charge in [-0.25, -0.2) is 4.98 Å². The number of likely N-dealkylation sites (tertiary alicyclic amines) is 1. The number of ether oxygens (including phenoxy) is 1. The van der Waals surface area contributed by atoms with Gasteiger partial charge in [0.25, 0.3) is 0 Å². The molecule has 0 N–H and O–H groups in total. The Morgan fingerprint density at radius 2 is 1.78 bits per heavy atom. The molecule has 0 spiro atoms. The smallest absolute Gasteiger partial charge is 0.148 e. The molecule has 3 aromatic rings. The van der Waals surface area contributed by atoms with Crippen molar-refractivity contribution in [3.8, 4) is 22.8 Å². The third-order valence-electron chi connectivity index (χ3n) is 5.09. The van der Waals surface area contributed by atoms with Crippen LogP contribution < -0.4 is 4.74 Å². The molecular formula is C22H24ClN3O. The number of hydrogen-bond donors (Lipinski definition) is 0. The number of nitrogens with zero attached hydrogens (tertiary/aromatic N) is 3. The van der Waals surface area contributed by atoms with Gasteiger partial charge in [-0.05, 0) is 62.3 Å². The molecule has 1 aromatic heterocycles. The van der Waals surface area contributed by atoms with Crippen LogP contribution in [0.4, 0.5) is 0 Å². The number of methoxy groups -OCH3 is 1. The van der Waals surface area contributed by atoms with Crippen molar-refractivity contribution in [2.75, 3.05) is 26.7 Å². The van der Waals surface area contributed by atoms with Crippen molar-refractivity contribution in [2.24, 2.45) is 0 Å². The maximum absolute atomic E-state index is 6.08. The van der Waals surface area contributed by atoms with Crippen LogP contribution in [0.15, 0.2) is 54.7 Å². The Balaban J connectivity index is 1.71. The van der Waals surface area contributed by atoms with Crippen LogP contribution in [0.25, 0.3) is 17.1 Å². The van der Waals surface area contributed by atoms with Crippen molar-refractivity contribution >= 4 is 11.6 Å². The Labute approximate surface area is 165 Å². The molecule has 1 saturated heterocycles. The normalized spacial score (nSPS) is 14.6. The van der Waals surface area contributed by atoms with Crippen molar-refractivity contribution in [1.29, 1.82) is 0 Å². The third-order valence-corrected chi connectivity index (χ3v) is 5.34. The number of para-hydroxylation sites is 1. The van der Waals surface area contributed by atoms with E-state index in [1.54, 1.807) is 7.11 Å². The lowest BCUT2D eigenvalue weighted by Crippen LogP contribution is -2.22. The molecule has 27 heavy (non-hydrogen) atoms. The van der Waals surface area contributed by atoms with Crippen LogP contribution in [0.3, 0.4) is 0 Å². The Bertz CT molecular complexity index is 898. The molecule has 1 aliphatic rings. The number of rotatable bonds is 6. The van der Waals surface area contributed by atoms with E-state index in [4.69, 9.17) is 21.3 Å². The van der Waals surface area contributed by atoms with Crippen molar-refractivity contribution in [3.63, 3.8) is 0 Å². The monoisotopic (exact) mass is 381 g/mol. The quantitative estimate of drug-likeness (QED) is 0.612. The first kappa shape index (κ1) is 18.1. The number of imidazole rings is 1. The molecule has 140 valence electrons. The average molecular weight is 382 g/mol. The van der Waals surface area contributed by atoms with Crippen molar-refractivity contribution in [1.82, 2.24) is 14.5 Å². The summed E-state index contributed by atoms with van der Waals surface area (Å²) in [6.07, 6.45) is 5.71. The minimum Gasteiger partial charge on any atom is -0.496 e. The largest absolute Gasteiger partial charge is 0.496 e. The molecular weight excluding hydrogens is 358 g/mol. The number of hydrogen-bond acceptors (Lipinski definition) is 3. The van der Waals surface area contributed by atoms with Crippen molar-refractivity contribution in [2.45, 2.75) is 19.3 Å². The lowest BCUT2D eigenvalue weighted by atomic mass is 10.2. The zero-order chi connectivity index (χ0) is 18.6. The number of aromatic nitrogens is 2. The van der Waals surface area contributed by atoms with E-state index in [2.05, 4.69) is 21.7 Å². The fourth-order valence-corrected chi connectivity index (χ4v) is 3.77. The molecule has 2 aromatic carbocycles. The Morgan fingerprint density at radius 1 is 1.04 bits per heavy atom. The molecule has 2 heterocycles. The predicted molar refractivity (Wildman–Crippen MR) is 110 cm³/mol. The van der Waals surface area contributed by atoms with Crippen molar-refractivity contribution < 1.29 is 4.74 Å². The van der Waals surface area contributed by atoms with Crippen LogP contribution in [0, 0.1) is 0 Å². The fraction of sp³-hybridized carbons (Fsp3) is 0.318. The van der Waals surface area contributed by atoms with Gasteiger partial charge in [0, 0.05) is 29.9 Å². The van der Waals surface area contributed by atoms with Gasteiger partial charge < -0.3 is 9.64 Å². The highest BCUT2D eigenvalue weighted by Gasteiger charge is 2.17. The predicted octanol–water partition coefficient (Wildman–Crippen LogP) is 4.84. The highest BCUT2D eigenvalue weighted by molar-refractivity contribution is 6.30. The van der Waals surface area contributed by atoms with E-state index in [1.807, 2.05) is 42.5 Å². The molecule has 0 unspecified atom stereocenters. The highest BCUT2D eigenvalue weighted by atomic mass is 35.5. The summed E-state index contributed by atoms with van der Waals surface area (Å²) in [5, 5.41) is 0.729. The fourth-order valence-electron chi connectivity index (χ4n) is 3.65. The van der Waals surface area contributed by atoms with Gasteiger partial charge in [0.05, 0.1) is 18.4 Å². The van der Waals surface area contributed by atoms with Gasteiger partial charge in [0.15, 0.2) is 0 Å². The van der Waals surface area contributed by atoms with E-state index in [1.165, 1.54) is 25.9 Å². The van der Waals surface area contributed by atoms with Crippen molar-refractivity contribution in [3.05, 3.63) is 65.4 Å². The molecule has 4 rings (SSSR count). The standard InChI is InChI=1S/C22H24ClN3O/c1-27-21-7-3-2-6-20(21)22-24-18(12-15-25-13-4-5-14-25)16-26(22)19-10-8-17(23)9-11-19/h2-3,6-11,16H,4-5,12-15H2,1H3. The summed E-state index contributed by atoms with van der Waals surface area (Å²) in [6, 6.07) is 15.9. The molecule has 0 atom stereocenters. The van der Waals surface area contributed by atoms with E-state index < -0.39 is 0 Å². The summed E-state index contributed by atoms with van der Waals surface area (Å²) in [7, 11) is 1.70. The summed E-state index contributed by atoms with van der Waals surface area (Å²) in [6.45, 7) is 3.47. The van der Waals surface area contributed by atoms with Crippen LogP contribution in [0.1, 0.15) is 18.5 Å². The summed E-state index contributed by atoms with van der Waals surface area (Å²) in [5.41, 5.74) is 3.13. The molecule has 4 nitrogen and oxygen atoms in total. The second-order valence-electron chi connectivity index (χ2n) is 6.90. The van der Waals surface area contributed by atoms with E-state index in [0.29, 0.717) is 0 Å². The SMILES string of the molecule is COc1ccccc1-c1nc(CCN2CCCC2)cn1-c1ccc(Cl)cc1. The minimum absolute atomic E-state index is 0.729. The zero-order valence-corrected chi connectivity index (χ0v) is 16.3. The highest BCUT2D eigenvalue weighted by Crippen LogP contribution is 2.31. The molecule has 0 amide bonds. The first-order valence-corrected chi connectivity index (χ1v) is 9.82. The molecule has 0 radical (unpaired) electrons. The first-order valence-electron chi connectivity index (χ1n) is 9.44. The molecule has 0 aliphatic carbocycles. The maximum Gasteiger partial charge on any atom is 0.148 e. The van der Waals surface area contributed by atoms with Gasteiger partial charge in [0.1, 0.15) is 11.6 Å². The van der Waals surface area contributed by atoms with E-state index >= 15 is 0 Å². The third kappa shape index (κ3) is 4.02. The Kier molecular flexibility index (Phi) is 5.46. The van der Waals surface area contributed by atoms with E-state index in [-0.39, 0.29) is 0 Å². The van der Waals surface area contributed by atoms with Gasteiger partial charge in [-0.2, -0.15) is 0 Å². The second-order valence-corrected chi connectivity index (χ2v) is 7.34. The van der Waals surface area contributed by atoms with Crippen LogP contribution in [-0.4, -0.2) is 41.2 Å². The van der Waals surface area contributed by atoms with Gasteiger partial charge in [0.2, 0.25) is 0 Å². The Morgan fingerprint density at radius 3 is 2.52 bits per heavy atom. The molecule has 0 saturated carbocycles. The Hall–Kier alpha value is -2.30. The number of benzene rings is 2. The lowest BCUT2D eigenvalue weighted by Gasteiger charge is -2.12. The van der Waals surface area contributed by atoms with Gasteiger partial charge in [-0.3, -0.25) is 4.57 Å². The van der Waals surface area contributed by atoms with E-state index in [0.717, 1.165) is 46.5 Å². The van der Waals surface area contributed by atoms with Crippen LogP contribution in [0.2, 0.25) is 5.02 Å². The summed E-state index contributed by atoms with van der Waals surface area (Å²) >= 11 is 6.08. The topological polar surface area (TPSA) is 30.3 Å². The average Bonchev–Trinajstić information content (AvgIpc) is 3.37. The van der Waals surface area contributed by atoms with Gasteiger partial charge in [-0.1, -0.05) is 23.7 Å². The molecule has 1 fully saturated rings. The van der Waals surface area contributed by atoms with E-state index in [9.17, 15) is 0 Å². The molecule has 5 heteroatoms. The maximum atomic E-state index is 6.08. The minimum atomic E-state index is 0.729.